The van der Waals surface area contributed by atoms with Crippen molar-refractivity contribution in [2.24, 2.45) is 5.41 Å². The van der Waals surface area contributed by atoms with Crippen LogP contribution >= 0.6 is 11.3 Å². The van der Waals surface area contributed by atoms with Crippen LogP contribution in [-0.2, 0) is 6.54 Å². The quantitative estimate of drug-likeness (QED) is 0.857. The molecular weight excluding hydrogens is 318 g/mol. The van der Waals surface area contributed by atoms with E-state index in [4.69, 9.17) is 5.26 Å². The van der Waals surface area contributed by atoms with Gasteiger partial charge in [0, 0.05) is 42.6 Å². The Kier molecular flexibility index (Phi) is 3.99. The van der Waals surface area contributed by atoms with Gasteiger partial charge in [0.25, 0.3) is 0 Å². The molecule has 3 heterocycles. The van der Waals surface area contributed by atoms with E-state index in [0.717, 1.165) is 25.3 Å². The van der Waals surface area contributed by atoms with E-state index in [9.17, 15) is 0 Å². The number of anilines is 1. The van der Waals surface area contributed by atoms with Crippen LogP contribution in [0, 0.1) is 16.7 Å². The van der Waals surface area contributed by atoms with Crippen molar-refractivity contribution in [2.75, 3.05) is 25.0 Å². The molecule has 6 heteroatoms. The van der Waals surface area contributed by atoms with Gasteiger partial charge in [-0.15, -0.1) is 11.3 Å². The first kappa shape index (κ1) is 15.6. The van der Waals surface area contributed by atoms with Crippen LogP contribution in [0.15, 0.2) is 29.9 Å². The fourth-order valence-electron chi connectivity index (χ4n) is 4.03. The summed E-state index contributed by atoms with van der Waals surface area (Å²) < 4.78 is 0. The zero-order valence-corrected chi connectivity index (χ0v) is 14.7. The number of hydrogen-bond donors (Lipinski definition) is 0. The summed E-state index contributed by atoms with van der Waals surface area (Å²) in [5.41, 5.74) is 2.12. The molecule has 24 heavy (non-hydrogen) atoms. The lowest BCUT2D eigenvalue weighted by Gasteiger charge is -2.35. The fourth-order valence-corrected chi connectivity index (χ4v) is 4.71. The van der Waals surface area contributed by atoms with E-state index in [1.807, 2.05) is 18.3 Å². The molecule has 2 aliphatic rings. The molecule has 1 aliphatic heterocycles. The molecule has 2 aromatic rings. The van der Waals surface area contributed by atoms with Crippen LogP contribution in [0.2, 0.25) is 0 Å². The number of nitrogens with zero attached hydrogens (tertiary/aromatic N) is 5. The van der Waals surface area contributed by atoms with E-state index in [1.165, 1.54) is 24.3 Å². The maximum Gasteiger partial charge on any atom is 0.142 e. The third kappa shape index (κ3) is 2.90. The minimum atomic E-state index is 0.494. The topological polar surface area (TPSA) is 56.1 Å². The van der Waals surface area contributed by atoms with Crippen LogP contribution < -0.4 is 4.90 Å². The number of piperidine rings is 1. The van der Waals surface area contributed by atoms with Gasteiger partial charge in [-0.25, -0.2) is 9.97 Å². The maximum absolute atomic E-state index is 9.01. The molecule has 1 saturated heterocycles. The van der Waals surface area contributed by atoms with Crippen molar-refractivity contribution < 1.29 is 0 Å². The molecule has 1 atom stereocenters. The molecule has 0 radical (unpaired) electrons. The van der Waals surface area contributed by atoms with Crippen molar-refractivity contribution in [1.29, 1.82) is 5.26 Å². The molecule has 0 amide bonds. The SMILES string of the molecule is CN(Cc1nccs1)C1CC12CCN(c1ccnc(C#N)c1)CC2. The van der Waals surface area contributed by atoms with Gasteiger partial charge in [0.1, 0.15) is 16.8 Å². The van der Waals surface area contributed by atoms with Gasteiger partial charge in [-0.2, -0.15) is 5.26 Å². The second-order valence-electron chi connectivity index (χ2n) is 6.92. The molecular formula is C18H21N5S. The molecule has 1 unspecified atom stereocenters. The van der Waals surface area contributed by atoms with E-state index in [1.54, 1.807) is 17.5 Å². The van der Waals surface area contributed by atoms with Crippen molar-refractivity contribution in [3.8, 4) is 6.07 Å². The molecule has 1 saturated carbocycles. The van der Waals surface area contributed by atoms with Crippen LogP contribution in [0.25, 0.3) is 0 Å². The molecule has 1 spiro atoms. The third-order valence-electron chi connectivity index (χ3n) is 5.53. The highest BCUT2D eigenvalue weighted by atomic mass is 32.1. The van der Waals surface area contributed by atoms with Gasteiger partial charge in [0.15, 0.2) is 0 Å². The van der Waals surface area contributed by atoms with Crippen LogP contribution in [0.5, 0.6) is 0 Å². The van der Waals surface area contributed by atoms with E-state index >= 15 is 0 Å². The van der Waals surface area contributed by atoms with Crippen molar-refractivity contribution >= 4 is 17.0 Å². The summed E-state index contributed by atoms with van der Waals surface area (Å²) in [4.78, 5) is 13.3. The Hall–Kier alpha value is -1.97. The highest BCUT2D eigenvalue weighted by molar-refractivity contribution is 7.09. The van der Waals surface area contributed by atoms with E-state index in [0.29, 0.717) is 17.2 Å². The van der Waals surface area contributed by atoms with Gasteiger partial charge >= 0.3 is 0 Å². The number of rotatable bonds is 4. The largest absolute Gasteiger partial charge is 0.371 e. The Morgan fingerprint density at radius 2 is 2.21 bits per heavy atom. The first-order valence-electron chi connectivity index (χ1n) is 8.40. The molecule has 1 aliphatic carbocycles. The molecule has 2 aromatic heterocycles. The second-order valence-corrected chi connectivity index (χ2v) is 7.90. The Morgan fingerprint density at radius 3 is 2.92 bits per heavy atom. The van der Waals surface area contributed by atoms with Gasteiger partial charge in [-0.3, -0.25) is 4.90 Å². The highest BCUT2D eigenvalue weighted by Gasteiger charge is 2.56. The summed E-state index contributed by atoms with van der Waals surface area (Å²) in [6.07, 6.45) is 7.38. The Labute approximate surface area is 146 Å². The van der Waals surface area contributed by atoms with Crippen molar-refractivity contribution in [1.82, 2.24) is 14.9 Å². The van der Waals surface area contributed by atoms with Crippen LogP contribution in [0.4, 0.5) is 5.69 Å². The highest BCUT2D eigenvalue weighted by Crippen LogP contribution is 2.56. The number of nitriles is 1. The molecule has 0 N–H and O–H groups in total. The summed E-state index contributed by atoms with van der Waals surface area (Å²) in [7, 11) is 2.23. The smallest absolute Gasteiger partial charge is 0.142 e. The monoisotopic (exact) mass is 339 g/mol. The Bertz CT molecular complexity index is 743. The zero-order valence-electron chi connectivity index (χ0n) is 13.9. The number of thiazole rings is 1. The number of pyridine rings is 1. The van der Waals surface area contributed by atoms with Gasteiger partial charge in [-0.05, 0) is 43.9 Å². The van der Waals surface area contributed by atoms with E-state index in [2.05, 4.69) is 38.3 Å². The van der Waals surface area contributed by atoms with Crippen molar-refractivity contribution in [3.63, 3.8) is 0 Å². The van der Waals surface area contributed by atoms with Gasteiger partial charge in [0.2, 0.25) is 0 Å². The first-order chi connectivity index (χ1) is 11.7. The molecule has 5 nitrogen and oxygen atoms in total. The standard InChI is InChI=1S/C18H21N5S/c1-22(13-17-21-6-9-24-17)16-11-18(16)3-7-23(8-4-18)15-2-5-20-14(10-15)12-19/h2,5-6,9-10,16H,3-4,7-8,11,13H2,1H3. The normalized spacial score (nSPS) is 21.9. The molecule has 124 valence electrons. The average molecular weight is 339 g/mol. The van der Waals surface area contributed by atoms with E-state index < -0.39 is 0 Å². The van der Waals surface area contributed by atoms with Crippen molar-refractivity contribution in [2.45, 2.75) is 31.8 Å². The molecule has 0 aromatic carbocycles. The van der Waals surface area contributed by atoms with Gasteiger partial charge in [-0.1, -0.05) is 0 Å². The summed E-state index contributed by atoms with van der Waals surface area (Å²) in [5.74, 6) is 0. The minimum absolute atomic E-state index is 0.494. The summed E-state index contributed by atoms with van der Waals surface area (Å²) in [6, 6.07) is 6.73. The fraction of sp³-hybridized carbons (Fsp3) is 0.500. The predicted octanol–water partition coefficient (Wildman–Crippen LogP) is 2.90. The minimum Gasteiger partial charge on any atom is -0.371 e. The van der Waals surface area contributed by atoms with Crippen molar-refractivity contribution in [3.05, 3.63) is 40.6 Å². The van der Waals surface area contributed by atoms with Gasteiger partial charge < -0.3 is 4.90 Å². The number of aromatic nitrogens is 2. The first-order valence-corrected chi connectivity index (χ1v) is 9.28. The Morgan fingerprint density at radius 1 is 1.38 bits per heavy atom. The molecule has 0 bridgehead atoms. The summed E-state index contributed by atoms with van der Waals surface area (Å²) in [6.45, 7) is 3.09. The summed E-state index contributed by atoms with van der Waals surface area (Å²) >= 11 is 1.74. The maximum atomic E-state index is 9.01. The second kappa shape index (κ2) is 6.15. The third-order valence-corrected chi connectivity index (χ3v) is 6.29. The molecule has 2 fully saturated rings. The predicted molar refractivity (Wildman–Crippen MR) is 94.8 cm³/mol. The summed E-state index contributed by atoms with van der Waals surface area (Å²) in [5, 5.41) is 12.3. The number of hydrogen-bond acceptors (Lipinski definition) is 6. The zero-order chi connectivity index (χ0) is 16.6. The van der Waals surface area contributed by atoms with Gasteiger partial charge in [0.05, 0.1) is 6.54 Å². The lowest BCUT2D eigenvalue weighted by molar-refractivity contribution is 0.239. The van der Waals surface area contributed by atoms with Crippen LogP contribution in [0.3, 0.4) is 0 Å². The molecule has 4 rings (SSSR count). The van der Waals surface area contributed by atoms with E-state index in [-0.39, 0.29) is 0 Å². The average Bonchev–Trinajstić information content (AvgIpc) is 3.07. The van der Waals surface area contributed by atoms with Crippen LogP contribution in [-0.4, -0.2) is 41.0 Å². The lowest BCUT2D eigenvalue weighted by Crippen LogP contribution is -2.38. The van der Waals surface area contributed by atoms with Crippen LogP contribution in [0.1, 0.15) is 30.0 Å². The Balaban J connectivity index is 1.36. The lowest BCUT2D eigenvalue weighted by atomic mass is 9.92.